The van der Waals surface area contributed by atoms with E-state index in [0.717, 1.165) is 6.42 Å². The molecule has 0 saturated carbocycles. The van der Waals surface area contributed by atoms with Gasteiger partial charge in [-0.2, -0.15) is 0 Å². The van der Waals surface area contributed by atoms with E-state index in [-0.39, 0.29) is 5.97 Å². The molecule has 0 radical (unpaired) electrons. The molecular weight excluding hydrogens is 298 g/mol. The van der Waals surface area contributed by atoms with E-state index < -0.39 is 0 Å². The normalized spacial score (nSPS) is 11.6. The summed E-state index contributed by atoms with van der Waals surface area (Å²) in [4.78, 5) is 13.5. The molecule has 0 bridgehead atoms. The zero-order valence-corrected chi connectivity index (χ0v) is 16.7. The van der Waals surface area contributed by atoms with Crippen molar-refractivity contribution >= 4 is 5.97 Å². The molecule has 0 unspecified atom stereocenters. The summed E-state index contributed by atoms with van der Waals surface area (Å²) < 4.78 is 5.27. The Labute approximate surface area is 150 Å². The van der Waals surface area contributed by atoms with Gasteiger partial charge < -0.3 is 9.64 Å². The monoisotopic (exact) mass is 339 g/mol. The van der Waals surface area contributed by atoms with Gasteiger partial charge in [-0.25, -0.2) is 4.79 Å². The lowest BCUT2D eigenvalue weighted by Crippen LogP contribution is -2.11. The molecule has 0 saturated heterocycles. The summed E-state index contributed by atoms with van der Waals surface area (Å²) in [6.45, 7) is 4.62. The smallest absolute Gasteiger partial charge is 0.335 e. The Kier molecular flexibility index (Phi) is 16.2. The standard InChI is InChI=1S/C21H41NO2/c1-5-6-7-8-9-10-11-12-13-14-15-16-17-18-24-21(23)20(2)19-22(3)4/h19H,5-18H2,1-4H3. The van der Waals surface area contributed by atoms with E-state index in [1.807, 2.05) is 19.0 Å². The first-order chi connectivity index (χ1) is 11.6. The average Bonchev–Trinajstić information content (AvgIpc) is 2.54. The van der Waals surface area contributed by atoms with Crippen molar-refractivity contribution in [1.82, 2.24) is 4.90 Å². The Morgan fingerprint density at radius 2 is 1.21 bits per heavy atom. The second-order valence-electron chi connectivity index (χ2n) is 7.15. The highest BCUT2D eigenvalue weighted by molar-refractivity contribution is 5.87. The van der Waals surface area contributed by atoms with Crippen LogP contribution >= 0.6 is 0 Å². The van der Waals surface area contributed by atoms with Crippen LogP contribution in [0.1, 0.15) is 97.3 Å². The minimum absolute atomic E-state index is 0.192. The fourth-order valence-electron chi connectivity index (χ4n) is 2.84. The first-order valence-corrected chi connectivity index (χ1v) is 10.1. The van der Waals surface area contributed by atoms with Crippen molar-refractivity contribution in [2.45, 2.75) is 97.3 Å². The minimum Gasteiger partial charge on any atom is -0.462 e. The van der Waals surface area contributed by atoms with E-state index in [0.29, 0.717) is 12.2 Å². The Morgan fingerprint density at radius 3 is 1.62 bits per heavy atom. The number of carbonyl (C=O) groups excluding carboxylic acids is 1. The van der Waals surface area contributed by atoms with Crippen molar-refractivity contribution in [2.24, 2.45) is 0 Å². The third kappa shape index (κ3) is 15.9. The molecule has 0 aromatic carbocycles. The van der Waals surface area contributed by atoms with Gasteiger partial charge in [0.2, 0.25) is 0 Å². The highest BCUT2D eigenvalue weighted by Crippen LogP contribution is 2.12. The van der Waals surface area contributed by atoms with Gasteiger partial charge in [0, 0.05) is 25.9 Å². The highest BCUT2D eigenvalue weighted by atomic mass is 16.5. The summed E-state index contributed by atoms with van der Waals surface area (Å²) in [7, 11) is 3.81. The van der Waals surface area contributed by atoms with Crippen molar-refractivity contribution in [3.8, 4) is 0 Å². The summed E-state index contributed by atoms with van der Waals surface area (Å²) >= 11 is 0. The van der Waals surface area contributed by atoms with Crippen LogP contribution in [-0.2, 0) is 9.53 Å². The highest BCUT2D eigenvalue weighted by Gasteiger charge is 2.05. The molecule has 0 amide bonds. The van der Waals surface area contributed by atoms with Crippen LogP contribution in [0.25, 0.3) is 0 Å². The molecule has 3 heteroatoms. The molecule has 0 aliphatic rings. The molecule has 0 rings (SSSR count). The lowest BCUT2D eigenvalue weighted by atomic mass is 10.0. The fraction of sp³-hybridized carbons (Fsp3) is 0.857. The van der Waals surface area contributed by atoms with Crippen LogP contribution in [0.4, 0.5) is 0 Å². The molecule has 24 heavy (non-hydrogen) atoms. The van der Waals surface area contributed by atoms with Gasteiger partial charge in [0.25, 0.3) is 0 Å². The minimum atomic E-state index is -0.192. The molecule has 0 aliphatic heterocycles. The number of hydrogen-bond acceptors (Lipinski definition) is 3. The van der Waals surface area contributed by atoms with Crippen molar-refractivity contribution < 1.29 is 9.53 Å². The molecule has 0 aromatic rings. The summed E-state index contributed by atoms with van der Waals surface area (Å²) in [6.07, 6.45) is 19.1. The molecule has 0 spiro atoms. The van der Waals surface area contributed by atoms with Gasteiger partial charge in [0.15, 0.2) is 0 Å². The van der Waals surface area contributed by atoms with Gasteiger partial charge in [0.1, 0.15) is 0 Å². The Balaban J connectivity index is 3.27. The summed E-state index contributed by atoms with van der Waals surface area (Å²) in [5.41, 5.74) is 0.662. The largest absolute Gasteiger partial charge is 0.462 e. The van der Waals surface area contributed by atoms with Gasteiger partial charge in [-0.15, -0.1) is 0 Å². The number of esters is 1. The van der Waals surface area contributed by atoms with Crippen LogP contribution in [0.2, 0.25) is 0 Å². The molecule has 0 N–H and O–H groups in total. The zero-order chi connectivity index (χ0) is 18.0. The second-order valence-corrected chi connectivity index (χ2v) is 7.15. The third-order valence-corrected chi connectivity index (χ3v) is 4.25. The van der Waals surface area contributed by atoms with Crippen LogP contribution in [0, 0.1) is 0 Å². The quantitative estimate of drug-likeness (QED) is 0.194. The predicted molar refractivity (Wildman–Crippen MR) is 104 cm³/mol. The fourth-order valence-corrected chi connectivity index (χ4v) is 2.84. The second kappa shape index (κ2) is 16.9. The SMILES string of the molecule is CCCCCCCCCCCCCCCOC(=O)C(C)=CN(C)C. The number of unbranched alkanes of at least 4 members (excludes halogenated alkanes) is 12. The zero-order valence-electron chi connectivity index (χ0n) is 16.7. The van der Waals surface area contributed by atoms with Crippen molar-refractivity contribution in [1.29, 1.82) is 0 Å². The van der Waals surface area contributed by atoms with Crippen LogP contribution in [-0.4, -0.2) is 31.6 Å². The van der Waals surface area contributed by atoms with E-state index in [1.54, 1.807) is 13.1 Å². The van der Waals surface area contributed by atoms with Crippen LogP contribution in [0.5, 0.6) is 0 Å². The molecular formula is C21H41NO2. The predicted octanol–water partition coefficient (Wildman–Crippen LogP) is 6.09. The molecule has 0 heterocycles. The average molecular weight is 340 g/mol. The van der Waals surface area contributed by atoms with Gasteiger partial charge in [-0.05, 0) is 13.3 Å². The van der Waals surface area contributed by atoms with Crippen molar-refractivity contribution in [3.63, 3.8) is 0 Å². The topological polar surface area (TPSA) is 29.5 Å². The lowest BCUT2D eigenvalue weighted by Gasteiger charge is -2.08. The summed E-state index contributed by atoms with van der Waals surface area (Å²) in [5.74, 6) is -0.192. The van der Waals surface area contributed by atoms with E-state index in [1.165, 1.54) is 77.0 Å². The van der Waals surface area contributed by atoms with Gasteiger partial charge in [-0.3, -0.25) is 0 Å². The molecule has 3 nitrogen and oxygen atoms in total. The number of hydrogen-bond donors (Lipinski definition) is 0. The van der Waals surface area contributed by atoms with Crippen molar-refractivity contribution in [2.75, 3.05) is 20.7 Å². The van der Waals surface area contributed by atoms with E-state index in [2.05, 4.69) is 6.92 Å². The van der Waals surface area contributed by atoms with Gasteiger partial charge >= 0.3 is 5.97 Å². The maximum atomic E-state index is 11.7. The van der Waals surface area contributed by atoms with Crippen LogP contribution in [0.3, 0.4) is 0 Å². The summed E-state index contributed by atoms with van der Waals surface area (Å²) in [5, 5.41) is 0. The molecule has 0 aromatic heterocycles. The molecule has 0 atom stereocenters. The lowest BCUT2D eigenvalue weighted by molar-refractivity contribution is -0.139. The number of rotatable bonds is 16. The Bertz CT molecular complexity index is 324. The maximum Gasteiger partial charge on any atom is 0.335 e. The molecule has 0 aliphatic carbocycles. The van der Waals surface area contributed by atoms with E-state index in [4.69, 9.17) is 4.74 Å². The van der Waals surface area contributed by atoms with E-state index >= 15 is 0 Å². The number of nitrogens with zero attached hydrogens (tertiary/aromatic N) is 1. The van der Waals surface area contributed by atoms with E-state index in [9.17, 15) is 4.79 Å². The van der Waals surface area contributed by atoms with Crippen LogP contribution < -0.4 is 0 Å². The first kappa shape index (κ1) is 23.0. The van der Waals surface area contributed by atoms with Gasteiger partial charge in [-0.1, -0.05) is 84.0 Å². The number of carbonyl (C=O) groups is 1. The van der Waals surface area contributed by atoms with Gasteiger partial charge in [0.05, 0.1) is 6.61 Å². The Hall–Kier alpha value is -0.990. The first-order valence-electron chi connectivity index (χ1n) is 10.1. The number of ether oxygens (including phenoxy) is 1. The molecule has 0 fully saturated rings. The third-order valence-electron chi connectivity index (χ3n) is 4.25. The van der Waals surface area contributed by atoms with Crippen molar-refractivity contribution in [3.05, 3.63) is 11.8 Å². The Morgan fingerprint density at radius 1 is 0.792 bits per heavy atom. The molecule has 142 valence electrons. The van der Waals surface area contributed by atoms with Crippen LogP contribution in [0.15, 0.2) is 11.8 Å². The summed E-state index contributed by atoms with van der Waals surface area (Å²) in [6, 6.07) is 0. The maximum absolute atomic E-state index is 11.7.